The van der Waals surface area contributed by atoms with Crippen LogP contribution in [0.25, 0.3) is 11.6 Å². The molecule has 0 aliphatic carbocycles. The molecule has 0 amide bonds. The Hall–Kier alpha value is -2.46. The molecular weight excluding hydrogens is 380 g/mol. The molecular formula is C18H24N6O3S. The summed E-state index contributed by atoms with van der Waals surface area (Å²) in [6, 6.07) is 0. The highest BCUT2D eigenvalue weighted by Crippen LogP contribution is 2.33. The zero-order valence-electron chi connectivity index (χ0n) is 16.7. The topological polar surface area (TPSA) is 99.0 Å². The molecule has 4 heterocycles. The van der Waals surface area contributed by atoms with E-state index >= 15 is 0 Å². The summed E-state index contributed by atoms with van der Waals surface area (Å²) in [7, 11) is -1.92. The molecule has 0 saturated carbocycles. The van der Waals surface area contributed by atoms with Crippen LogP contribution in [-0.4, -0.2) is 43.8 Å². The van der Waals surface area contributed by atoms with Crippen LogP contribution in [0, 0.1) is 20.8 Å². The van der Waals surface area contributed by atoms with Gasteiger partial charge in [-0.2, -0.15) is 14.5 Å². The van der Waals surface area contributed by atoms with Gasteiger partial charge in [-0.3, -0.25) is 9.36 Å². The molecule has 3 aromatic rings. The van der Waals surface area contributed by atoms with Crippen LogP contribution in [-0.2, 0) is 36.6 Å². The van der Waals surface area contributed by atoms with Gasteiger partial charge < -0.3 is 4.42 Å². The minimum atomic E-state index is -3.67. The SMILES string of the molecule is CCn1nc(-c2ncc(C)o2)c2c1CCN(S(=O)(=O)c1c(C)nn(C)c1C)C2. The van der Waals surface area contributed by atoms with Crippen molar-refractivity contribution >= 4 is 10.0 Å². The van der Waals surface area contributed by atoms with Gasteiger partial charge in [0.2, 0.25) is 15.9 Å². The monoisotopic (exact) mass is 404 g/mol. The highest BCUT2D eigenvalue weighted by atomic mass is 32.2. The van der Waals surface area contributed by atoms with E-state index in [1.807, 2.05) is 18.5 Å². The molecule has 4 rings (SSSR count). The van der Waals surface area contributed by atoms with E-state index in [1.165, 1.54) is 4.31 Å². The summed E-state index contributed by atoms with van der Waals surface area (Å²) in [5, 5.41) is 8.92. The van der Waals surface area contributed by atoms with Crippen molar-refractivity contribution in [3.63, 3.8) is 0 Å². The summed E-state index contributed by atoms with van der Waals surface area (Å²) in [6.07, 6.45) is 2.24. The highest BCUT2D eigenvalue weighted by Gasteiger charge is 2.36. The number of hydrogen-bond donors (Lipinski definition) is 0. The summed E-state index contributed by atoms with van der Waals surface area (Å²) >= 11 is 0. The Morgan fingerprint density at radius 2 is 1.96 bits per heavy atom. The predicted octanol–water partition coefficient (Wildman–Crippen LogP) is 1.96. The van der Waals surface area contributed by atoms with Crippen LogP contribution < -0.4 is 0 Å². The first kappa shape index (κ1) is 18.9. The van der Waals surface area contributed by atoms with E-state index in [-0.39, 0.29) is 11.4 Å². The number of oxazole rings is 1. The maximum absolute atomic E-state index is 13.4. The van der Waals surface area contributed by atoms with Crippen molar-refractivity contribution in [1.82, 2.24) is 28.9 Å². The van der Waals surface area contributed by atoms with E-state index in [2.05, 4.69) is 15.2 Å². The van der Waals surface area contributed by atoms with Crippen LogP contribution in [0.15, 0.2) is 15.5 Å². The molecule has 10 heteroatoms. The van der Waals surface area contributed by atoms with Crippen molar-refractivity contribution in [3.05, 3.63) is 34.6 Å². The summed E-state index contributed by atoms with van der Waals surface area (Å²) in [6.45, 7) is 8.69. The van der Waals surface area contributed by atoms with Gasteiger partial charge in [0, 0.05) is 44.4 Å². The summed E-state index contributed by atoms with van der Waals surface area (Å²) in [5.74, 6) is 1.12. The lowest BCUT2D eigenvalue weighted by Crippen LogP contribution is -2.37. The molecule has 0 unspecified atom stereocenters. The highest BCUT2D eigenvalue weighted by molar-refractivity contribution is 7.89. The third-order valence-electron chi connectivity index (χ3n) is 5.26. The fourth-order valence-electron chi connectivity index (χ4n) is 3.83. The summed E-state index contributed by atoms with van der Waals surface area (Å²) in [4.78, 5) is 4.58. The normalized spacial score (nSPS) is 15.2. The van der Waals surface area contributed by atoms with Gasteiger partial charge in [-0.15, -0.1) is 0 Å². The fourth-order valence-corrected chi connectivity index (χ4v) is 5.63. The van der Waals surface area contributed by atoms with E-state index in [4.69, 9.17) is 4.42 Å². The fraction of sp³-hybridized carbons (Fsp3) is 0.500. The zero-order chi connectivity index (χ0) is 20.2. The van der Waals surface area contributed by atoms with Crippen LogP contribution in [0.2, 0.25) is 0 Å². The third-order valence-corrected chi connectivity index (χ3v) is 7.36. The van der Waals surface area contributed by atoms with Gasteiger partial charge in [0.05, 0.1) is 17.6 Å². The van der Waals surface area contributed by atoms with Gasteiger partial charge in [0.25, 0.3) is 0 Å². The Morgan fingerprint density at radius 1 is 1.21 bits per heavy atom. The van der Waals surface area contributed by atoms with Crippen LogP contribution in [0.1, 0.15) is 35.3 Å². The van der Waals surface area contributed by atoms with Crippen molar-refractivity contribution in [2.45, 2.75) is 52.1 Å². The van der Waals surface area contributed by atoms with Crippen LogP contribution in [0.4, 0.5) is 0 Å². The minimum absolute atomic E-state index is 0.238. The number of rotatable bonds is 4. The number of nitrogens with zero attached hydrogens (tertiary/aromatic N) is 6. The first-order valence-electron chi connectivity index (χ1n) is 9.25. The number of hydrogen-bond acceptors (Lipinski definition) is 6. The summed E-state index contributed by atoms with van der Waals surface area (Å²) in [5.41, 5.74) is 3.66. The number of fused-ring (bicyclic) bond motifs is 1. The van der Waals surface area contributed by atoms with Crippen molar-refractivity contribution < 1.29 is 12.8 Å². The third kappa shape index (κ3) is 2.78. The maximum atomic E-state index is 13.4. The molecule has 0 spiro atoms. The number of aromatic nitrogens is 5. The molecule has 0 saturated heterocycles. The van der Waals surface area contributed by atoms with Gasteiger partial charge in [0.15, 0.2) is 5.69 Å². The Kier molecular flexibility index (Phi) is 4.42. The number of aryl methyl sites for hydroxylation is 4. The Balaban J connectivity index is 1.78. The lowest BCUT2D eigenvalue weighted by molar-refractivity contribution is 0.383. The molecule has 0 bridgehead atoms. The Bertz CT molecular complexity index is 1150. The second-order valence-corrected chi connectivity index (χ2v) is 8.95. The molecule has 3 aromatic heterocycles. The molecule has 0 fully saturated rings. The van der Waals surface area contributed by atoms with E-state index in [1.54, 1.807) is 31.8 Å². The molecule has 1 aliphatic heterocycles. The lowest BCUT2D eigenvalue weighted by atomic mass is 10.1. The van der Waals surface area contributed by atoms with E-state index in [0.717, 1.165) is 11.3 Å². The molecule has 0 aromatic carbocycles. The molecule has 9 nitrogen and oxygen atoms in total. The average molecular weight is 404 g/mol. The molecule has 150 valence electrons. The Labute approximate surface area is 164 Å². The van der Waals surface area contributed by atoms with Crippen molar-refractivity contribution in [1.29, 1.82) is 0 Å². The number of sulfonamides is 1. The van der Waals surface area contributed by atoms with Crippen molar-refractivity contribution in [2.75, 3.05) is 6.54 Å². The van der Waals surface area contributed by atoms with Gasteiger partial charge in [-0.05, 0) is 27.7 Å². The van der Waals surface area contributed by atoms with Gasteiger partial charge in [0.1, 0.15) is 10.7 Å². The Morgan fingerprint density at radius 3 is 2.54 bits per heavy atom. The van der Waals surface area contributed by atoms with Gasteiger partial charge in [-0.1, -0.05) is 0 Å². The second kappa shape index (κ2) is 6.56. The standard InChI is InChI=1S/C18H24N6O3S/c1-6-24-15-7-8-23(28(25,26)17-12(3)20-22(5)13(17)4)10-14(15)16(21-24)18-19-9-11(2)27-18/h9H,6-8,10H2,1-5H3. The lowest BCUT2D eigenvalue weighted by Gasteiger charge is -2.27. The van der Waals surface area contributed by atoms with E-state index in [9.17, 15) is 8.42 Å². The maximum Gasteiger partial charge on any atom is 0.247 e. The van der Waals surface area contributed by atoms with Crippen LogP contribution >= 0.6 is 0 Å². The first-order chi connectivity index (χ1) is 13.2. The van der Waals surface area contributed by atoms with Crippen LogP contribution in [0.5, 0.6) is 0 Å². The molecule has 1 aliphatic rings. The largest absolute Gasteiger partial charge is 0.440 e. The quantitative estimate of drug-likeness (QED) is 0.659. The summed E-state index contributed by atoms with van der Waals surface area (Å²) < 4.78 is 37.5. The zero-order valence-corrected chi connectivity index (χ0v) is 17.5. The smallest absolute Gasteiger partial charge is 0.247 e. The van der Waals surface area contributed by atoms with Gasteiger partial charge in [-0.25, -0.2) is 13.4 Å². The van der Waals surface area contributed by atoms with E-state index < -0.39 is 10.0 Å². The van der Waals surface area contributed by atoms with E-state index in [0.29, 0.717) is 48.2 Å². The molecule has 28 heavy (non-hydrogen) atoms. The van der Waals surface area contributed by atoms with Gasteiger partial charge >= 0.3 is 0 Å². The molecule has 0 radical (unpaired) electrons. The van der Waals surface area contributed by atoms with Crippen molar-refractivity contribution in [3.8, 4) is 11.6 Å². The van der Waals surface area contributed by atoms with Crippen molar-refractivity contribution in [2.24, 2.45) is 7.05 Å². The molecule has 0 N–H and O–H groups in total. The molecule has 0 atom stereocenters. The average Bonchev–Trinajstić information content (AvgIpc) is 3.30. The second-order valence-electron chi connectivity index (χ2n) is 7.08. The van der Waals surface area contributed by atoms with Crippen LogP contribution in [0.3, 0.4) is 0 Å². The predicted molar refractivity (Wildman–Crippen MR) is 102 cm³/mol. The first-order valence-corrected chi connectivity index (χ1v) is 10.7. The minimum Gasteiger partial charge on any atom is -0.440 e.